The maximum atomic E-state index is 6.83. The van der Waals surface area contributed by atoms with Crippen molar-refractivity contribution in [1.29, 1.82) is 0 Å². The van der Waals surface area contributed by atoms with E-state index in [9.17, 15) is 0 Å². The first-order chi connectivity index (χ1) is 19.2. The fourth-order valence-corrected chi connectivity index (χ4v) is 7.77. The van der Waals surface area contributed by atoms with Gasteiger partial charge in [-0.25, -0.2) is 0 Å². The van der Waals surface area contributed by atoms with Gasteiger partial charge >= 0.3 is 0 Å². The van der Waals surface area contributed by atoms with Crippen LogP contribution >= 0.6 is 0 Å². The molecule has 0 saturated carbocycles. The third-order valence-corrected chi connectivity index (χ3v) is 9.44. The molecular formula is C36H35N2O+. The van der Waals surface area contributed by atoms with E-state index >= 15 is 0 Å². The Morgan fingerprint density at radius 3 is 2.31 bits per heavy atom. The highest BCUT2D eigenvalue weighted by Crippen LogP contribution is 2.53. The van der Waals surface area contributed by atoms with Crippen LogP contribution in [0.15, 0.2) is 116 Å². The predicted molar refractivity (Wildman–Crippen MR) is 164 cm³/mol. The Bertz CT molecular complexity index is 1650. The average molecular weight is 512 g/mol. The van der Waals surface area contributed by atoms with Gasteiger partial charge in [0.2, 0.25) is 0 Å². The Balaban J connectivity index is 1.52. The number of para-hydroxylation sites is 1. The van der Waals surface area contributed by atoms with Crippen LogP contribution in [-0.4, -0.2) is 30.7 Å². The van der Waals surface area contributed by atoms with Crippen molar-refractivity contribution in [3.05, 3.63) is 122 Å². The molecule has 3 nitrogen and oxygen atoms in total. The van der Waals surface area contributed by atoms with Gasteiger partial charge in [0.05, 0.1) is 25.2 Å². The summed E-state index contributed by atoms with van der Waals surface area (Å²) < 4.78 is 7.74. The van der Waals surface area contributed by atoms with E-state index in [1.165, 1.54) is 44.6 Å². The van der Waals surface area contributed by atoms with Gasteiger partial charge in [-0.15, -0.1) is 13.2 Å². The van der Waals surface area contributed by atoms with Crippen LogP contribution in [0, 0.1) is 11.8 Å². The van der Waals surface area contributed by atoms with Crippen molar-refractivity contribution in [2.24, 2.45) is 11.8 Å². The predicted octanol–water partition coefficient (Wildman–Crippen LogP) is 8.39. The topological polar surface area (TPSA) is 22.1 Å². The molecule has 2 bridgehead atoms. The molecule has 5 aromatic rings. The smallest absolute Gasteiger partial charge is 0.149 e. The highest BCUT2D eigenvalue weighted by atomic mass is 16.5. The van der Waals surface area contributed by atoms with Crippen molar-refractivity contribution >= 4 is 38.1 Å². The molecule has 3 aliphatic heterocycles. The van der Waals surface area contributed by atoms with Crippen LogP contribution in [0.25, 0.3) is 32.4 Å². The van der Waals surface area contributed by atoms with Crippen molar-refractivity contribution in [3.8, 4) is 0 Å². The van der Waals surface area contributed by atoms with Crippen LogP contribution in [0.5, 0.6) is 0 Å². The Kier molecular flexibility index (Phi) is 6.07. The Labute approximate surface area is 230 Å². The molecule has 3 aliphatic rings. The van der Waals surface area contributed by atoms with Gasteiger partial charge in [-0.2, -0.15) is 0 Å². The lowest BCUT2D eigenvalue weighted by Crippen LogP contribution is -2.69. The zero-order valence-corrected chi connectivity index (χ0v) is 22.4. The number of hydrogen-bond acceptors (Lipinski definition) is 2. The van der Waals surface area contributed by atoms with Crippen molar-refractivity contribution in [3.63, 3.8) is 0 Å². The van der Waals surface area contributed by atoms with Crippen molar-refractivity contribution in [2.45, 2.75) is 25.0 Å². The second-order valence-electron chi connectivity index (χ2n) is 11.3. The maximum absolute atomic E-state index is 6.83. The summed E-state index contributed by atoms with van der Waals surface area (Å²) in [6.45, 7) is 11.0. The summed E-state index contributed by atoms with van der Waals surface area (Å²) >= 11 is 0. The molecule has 3 fully saturated rings. The molecule has 8 rings (SSSR count). The zero-order chi connectivity index (χ0) is 26.4. The summed E-state index contributed by atoms with van der Waals surface area (Å²) in [7, 11) is 0. The molecular weight excluding hydrogens is 476 g/mol. The summed E-state index contributed by atoms with van der Waals surface area (Å²) in [6.07, 6.45) is 8.28. The van der Waals surface area contributed by atoms with Crippen LogP contribution < -0.4 is 4.48 Å². The standard InChI is InChI=1S/C36H35N2O/c1-3-21-39-36(32-17-19-37-33-16-10-9-15-31(32)33)34-23-26-18-20-38(34,24-25(26)4-2)35-29-13-7-5-11-27(29)22-28-12-6-8-14-30(28)35/h3-17,19,22,25-26,34,36H,1-2,18,20-21,23-24H2/q+1/t25-,26-,34-,36+,38?/m0/s1. The van der Waals surface area contributed by atoms with Gasteiger partial charge in [-0.05, 0) is 52.6 Å². The first-order valence-electron chi connectivity index (χ1n) is 14.2. The first kappa shape index (κ1) is 24.3. The lowest BCUT2D eigenvalue weighted by atomic mass is 9.70. The summed E-state index contributed by atoms with van der Waals surface area (Å²) in [5.41, 5.74) is 3.70. The Morgan fingerprint density at radius 1 is 0.897 bits per heavy atom. The third kappa shape index (κ3) is 3.83. The fourth-order valence-electron chi connectivity index (χ4n) is 7.77. The van der Waals surface area contributed by atoms with E-state index in [0.29, 0.717) is 18.4 Å². The van der Waals surface area contributed by atoms with Crippen LogP contribution in [-0.2, 0) is 4.74 Å². The molecule has 4 heterocycles. The number of aromatic nitrogens is 1. The van der Waals surface area contributed by atoms with Gasteiger partial charge in [0.15, 0.2) is 0 Å². The molecule has 3 saturated heterocycles. The minimum atomic E-state index is -0.0813. The Morgan fingerprint density at radius 2 is 1.59 bits per heavy atom. The van der Waals surface area contributed by atoms with Gasteiger partial charge in [0.25, 0.3) is 0 Å². The molecule has 39 heavy (non-hydrogen) atoms. The van der Waals surface area contributed by atoms with E-state index in [1.54, 1.807) is 0 Å². The average Bonchev–Trinajstić information content (AvgIpc) is 3.00. The maximum Gasteiger partial charge on any atom is 0.149 e. The van der Waals surface area contributed by atoms with E-state index in [0.717, 1.165) is 29.5 Å². The zero-order valence-electron chi connectivity index (χ0n) is 22.4. The van der Waals surface area contributed by atoms with E-state index in [2.05, 4.69) is 109 Å². The van der Waals surface area contributed by atoms with E-state index < -0.39 is 0 Å². The molecule has 0 amide bonds. The molecule has 1 aromatic heterocycles. The molecule has 0 spiro atoms. The fraction of sp³-hybridized carbons (Fsp3) is 0.250. The molecule has 1 unspecified atom stereocenters. The number of fused-ring (bicyclic) bond motifs is 6. The number of pyridine rings is 1. The normalized spacial score (nSPS) is 25.2. The van der Waals surface area contributed by atoms with Gasteiger partial charge in [0.1, 0.15) is 17.8 Å². The van der Waals surface area contributed by atoms with E-state index in [4.69, 9.17) is 4.74 Å². The van der Waals surface area contributed by atoms with Crippen molar-refractivity contribution < 1.29 is 4.74 Å². The molecule has 0 radical (unpaired) electrons. The molecule has 194 valence electrons. The lowest BCUT2D eigenvalue weighted by molar-refractivity contribution is -0.0628. The summed E-state index contributed by atoms with van der Waals surface area (Å²) in [5.74, 6) is 1.11. The van der Waals surface area contributed by atoms with Gasteiger partial charge in [0, 0.05) is 41.1 Å². The summed E-state index contributed by atoms with van der Waals surface area (Å²) in [4.78, 5) is 4.69. The number of benzene rings is 4. The molecule has 3 heteroatoms. The molecule has 4 aromatic carbocycles. The molecule has 5 atom stereocenters. The molecule has 0 aliphatic carbocycles. The number of nitrogens with zero attached hydrogens (tertiary/aromatic N) is 2. The van der Waals surface area contributed by atoms with Crippen molar-refractivity contribution in [2.75, 3.05) is 19.7 Å². The minimum absolute atomic E-state index is 0.0813. The van der Waals surface area contributed by atoms with Gasteiger partial charge in [-0.3, -0.25) is 9.47 Å². The van der Waals surface area contributed by atoms with E-state index in [-0.39, 0.29) is 12.1 Å². The highest BCUT2D eigenvalue weighted by molar-refractivity contribution is 6.10. The highest BCUT2D eigenvalue weighted by Gasteiger charge is 2.56. The number of ether oxygens (including phenoxy) is 1. The van der Waals surface area contributed by atoms with Gasteiger partial charge < -0.3 is 4.74 Å². The number of quaternary nitrogens is 1. The van der Waals surface area contributed by atoms with Crippen LogP contribution in [0.2, 0.25) is 0 Å². The monoisotopic (exact) mass is 511 g/mol. The second kappa shape index (κ2) is 9.75. The SMILES string of the molecule is C=CCO[C@H](c1ccnc2ccccc12)[C@@H]1C[C@@H]2CC[N+]1(c1c3ccccc3cc3ccccc13)C[C@@H]2C=C. The van der Waals surface area contributed by atoms with Crippen molar-refractivity contribution in [1.82, 2.24) is 9.47 Å². The minimum Gasteiger partial charge on any atom is -0.363 e. The second-order valence-corrected chi connectivity index (χ2v) is 11.3. The van der Waals surface area contributed by atoms with Crippen LogP contribution in [0.1, 0.15) is 24.5 Å². The lowest BCUT2D eigenvalue weighted by Gasteiger charge is -2.58. The largest absolute Gasteiger partial charge is 0.363 e. The van der Waals surface area contributed by atoms with Crippen LogP contribution in [0.3, 0.4) is 0 Å². The third-order valence-electron chi connectivity index (χ3n) is 9.44. The van der Waals surface area contributed by atoms with Crippen LogP contribution in [0.4, 0.5) is 5.69 Å². The number of piperidine rings is 3. The quantitative estimate of drug-likeness (QED) is 0.124. The molecule has 0 N–H and O–H groups in total. The Hall–Kier alpha value is -3.79. The number of hydrogen-bond donors (Lipinski definition) is 0. The summed E-state index contributed by atoms with van der Waals surface area (Å²) in [5, 5.41) is 6.49. The summed E-state index contributed by atoms with van der Waals surface area (Å²) in [6, 6.07) is 31.2. The first-order valence-corrected chi connectivity index (χ1v) is 14.2. The van der Waals surface area contributed by atoms with E-state index in [1.807, 2.05) is 12.3 Å². The van der Waals surface area contributed by atoms with Gasteiger partial charge in [-0.1, -0.05) is 66.7 Å². The number of rotatable bonds is 7.